The topological polar surface area (TPSA) is 40.5 Å². The first-order valence-corrected chi connectivity index (χ1v) is 5.64. The Labute approximate surface area is 97.2 Å². The molecule has 0 spiro atoms. The number of aromatic hydroxyl groups is 2. The average Bonchev–Trinajstić information content (AvgIpc) is 2.28. The van der Waals surface area contributed by atoms with Gasteiger partial charge in [-0.2, -0.15) is 0 Å². The van der Waals surface area contributed by atoms with Crippen LogP contribution >= 0.6 is 0 Å². The SMILES string of the molecule is CC/C(C)=C/Cc1cc(O)c(C)c(C)c1O. The first kappa shape index (κ1) is 12.6. The predicted octanol–water partition coefficient (Wildman–Crippen LogP) is 3.61. The zero-order valence-electron chi connectivity index (χ0n) is 10.5. The summed E-state index contributed by atoms with van der Waals surface area (Å²) in [7, 11) is 0. The second-order valence-corrected chi connectivity index (χ2v) is 4.26. The lowest BCUT2D eigenvalue weighted by Gasteiger charge is -2.10. The molecule has 0 unspecified atom stereocenters. The summed E-state index contributed by atoms with van der Waals surface area (Å²) < 4.78 is 0. The van der Waals surface area contributed by atoms with Gasteiger partial charge in [-0.15, -0.1) is 0 Å². The highest BCUT2D eigenvalue weighted by Gasteiger charge is 2.10. The molecule has 1 aromatic carbocycles. The van der Waals surface area contributed by atoms with Crippen molar-refractivity contribution in [3.8, 4) is 11.5 Å². The Morgan fingerprint density at radius 3 is 2.44 bits per heavy atom. The van der Waals surface area contributed by atoms with E-state index in [1.165, 1.54) is 5.57 Å². The second-order valence-electron chi connectivity index (χ2n) is 4.26. The Hall–Kier alpha value is -1.44. The summed E-state index contributed by atoms with van der Waals surface area (Å²) in [6.07, 6.45) is 3.76. The molecule has 2 heteroatoms. The largest absolute Gasteiger partial charge is 0.508 e. The van der Waals surface area contributed by atoms with Gasteiger partial charge in [-0.1, -0.05) is 18.6 Å². The van der Waals surface area contributed by atoms with E-state index >= 15 is 0 Å². The van der Waals surface area contributed by atoms with Gasteiger partial charge in [0.2, 0.25) is 0 Å². The second kappa shape index (κ2) is 5.06. The molecule has 0 aliphatic rings. The van der Waals surface area contributed by atoms with Crippen LogP contribution in [0.1, 0.15) is 37.0 Å². The molecule has 0 saturated heterocycles. The number of phenolic OH excluding ortho intramolecular Hbond substituents is 2. The molecule has 1 aromatic rings. The molecule has 0 aliphatic heterocycles. The van der Waals surface area contributed by atoms with Gasteiger partial charge in [0.05, 0.1) is 0 Å². The molecule has 0 aromatic heterocycles. The molecule has 0 bridgehead atoms. The Balaban J connectivity index is 3.07. The van der Waals surface area contributed by atoms with E-state index in [1.54, 1.807) is 13.0 Å². The van der Waals surface area contributed by atoms with Gasteiger partial charge in [0.25, 0.3) is 0 Å². The maximum atomic E-state index is 9.95. The Kier molecular flexibility index (Phi) is 3.99. The third kappa shape index (κ3) is 2.57. The smallest absolute Gasteiger partial charge is 0.122 e. The lowest BCUT2D eigenvalue weighted by Crippen LogP contribution is -1.91. The van der Waals surface area contributed by atoms with Gasteiger partial charge < -0.3 is 10.2 Å². The summed E-state index contributed by atoms with van der Waals surface area (Å²) in [5, 5.41) is 19.6. The minimum atomic E-state index is 0.257. The van der Waals surface area contributed by atoms with Gasteiger partial charge in [0.15, 0.2) is 0 Å². The Morgan fingerprint density at radius 2 is 1.88 bits per heavy atom. The molecule has 0 heterocycles. The number of phenols is 2. The van der Waals surface area contributed by atoms with Crippen molar-refractivity contribution in [3.05, 3.63) is 34.4 Å². The lowest BCUT2D eigenvalue weighted by molar-refractivity contribution is 0.448. The summed E-state index contributed by atoms with van der Waals surface area (Å²) in [5.41, 5.74) is 3.58. The number of hydrogen-bond acceptors (Lipinski definition) is 2. The van der Waals surface area contributed by atoms with Crippen molar-refractivity contribution in [2.75, 3.05) is 0 Å². The van der Waals surface area contributed by atoms with Crippen molar-refractivity contribution in [3.63, 3.8) is 0 Å². The van der Waals surface area contributed by atoms with Gasteiger partial charge in [-0.3, -0.25) is 0 Å². The van der Waals surface area contributed by atoms with Crippen molar-refractivity contribution >= 4 is 0 Å². The highest BCUT2D eigenvalue weighted by atomic mass is 16.3. The van der Waals surface area contributed by atoms with E-state index in [4.69, 9.17) is 0 Å². The van der Waals surface area contributed by atoms with Gasteiger partial charge in [-0.05, 0) is 50.8 Å². The minimum Gasteiger partial charge on any atom is -0.508 e. The monoisotopic (exact) mass is 220 g/mol. The zero-order valence-corrected chi connectivity index (χ0v) is 10.5. The van der Waals surface area contributed by atoms with Crippen LogP contribution in [0.2, 0.25) is 0 Å². The van der Waals surface area contributed by atoms with E-state index in [1.807, 2.05) is 6.92 Å². The first-order valence-electron chi connectivity index (χ1n) is 5.64. The Bertz CT molecular complexity index is 417. The van der Waals surface area contributed by atoms with Crippen LogP contribution in [0, 0.1) is 13.8 Å². The first-order chi connectivity index (χ1) is 7.47. The maximum absolute atomic E-state index is 9.95. The lowest BCUT2D eigenvalue weighted by atomic mass is 10.00. The summed E-state index contributed by atoms with van der Waals surface area (Å²) in [5.74, 6) is 0.559. The number of rotatable bonds is 3. The fraction of sp³-hybridized carbons (Fsp3) is 0.429. The van der Waals surface area contributed by atoms with E-state index in [0.29, 0.717) is 12.2 Å². The fourth-order valence-corrected chi connectivity index (χ4v) is 1.54. The molecule has 0 amide bonds. The van der Waals surface area contributed by atoms with E-state index in [9.17, 15) is 10.2 Å². The molecular weight excluding hydrogens is 200 g/mol. The zero-order chi connectivity index (χ0) is 12.3. The van der Waals surface area contributed by atoms with Gasteiger partial charge in [0, 0.05) is 5.56 Å². The minimum absolute atomic E-state index is 0.257. The quantitative estimate of drug-likeness (QED) is 0.603. The molecule has 0 radical (unpaired) electrons. The highest BCUT2D eigenvalue weighted by molar-refractivity contribution is 5.51. The van der Waals surface area contributed by atoms with Crippen LogP contribution in [0.5, 0.6) is 11.5 Å². The van der Waals surface area contributed by atoms with E-state index < -0.39 is 0 Å². The molecule has 0 aliphatic carbocycles. The van der Waals surface area contributed by atoms with Crippen molar-refractivity contribution < 1.29 is 10.2 Å². The number of hydrogen-bond donors (Lipinski definition) is 2. The Morgan fingerprint density at radius 1 is 1.25 bits per heavy atom. The molecule has 88 valence electrons. The standard InChI is InChI=1S/C14H20O2/c1-5-9(2)6-7-12-8-13(15)10(3)11(4)14(12)16/h6,8,15-16H,5,7H2,1-4H3/b9-6+. The summed E-state index contributed by atoms with van der Waals surface area (Å²) in [6.45, 7) is 7.80. The van der Waals surface area contributed by atoms with E-state index in [2.05, 4.69) is 19.9 Å². The summed E-state index contributed by atoms with van der Waals surface area (Å²) in [4.78, 5) is 0. The van der Waals surface area contributed by atoms with Gasteiger partial charge in [0.1, 0.15) is 11.5 Å². The molecule has 16 heavy (non-hydrogen) atoms. The fourth-order valence-electron chi connectivity index (χ4n) is 1.54. The van der Waals surface area contributed by atoms with Crippen LogP contribution in [0.15, 0.2) is 17.7 Å². The predicted molar refractivity (Wildman–Crippen MR) is 67.0 cm³/mol. The van der Waals surface area contributed by atoms with Crippen LogP contribution < -0.4 is 0 Å². The van der Waals surface area contributed by atoms with Crippen molar-refractivity contribution in [1.82, 2.24) is 0 Å². The van der Waals surface area contributed by atoms with Crippen molar-refractivity contribution in [2.24, 2.45) is 0 Å². The van der Waals surface area contributed by atoms with Gasteiger partial charge in [-0.25, -0.2) is 0 Å². The van der Waals surface area contributed by atoms with Crippen molar-refractivity contribution in [1.29, 1.82) is 0 Å². The number of allylic oxidation sites excluding steroid dienone is 2. The molecule has 0 fully saturated rings. The van der Waals surface area contributed by atoms with E-state index in [-0.39, 0.29) is 5.75 Å². The molecular formula is C14H20O2. The third-order valence-corrected chi connectivity index (χ3v) is 3.15. The normalized spacial score (nSPS) is 11.9. The van der Waals surface area contributed by atoms with Crippen LogP contribution in [0.4, 0.5) is 0 Å². The summed E-state index contributed by atoms with van der Waals surface area (Å²) >= 11 is 0. The van der Waals surface area contributed by atoms with E-state index in [0.717, 1.165) is 23.1 Å². The van der Waals surface area contributed by atoms with Crippen LogP contribution in [0.25, 0.3) is 0 Å². The molecule has 1 rings (SSSR count). The third-order valence-electron chi connectivity index (χ3n) is 3.15. The average molecular weight is 220 g/mol. The maximum Gasteiger partial charge on any atom is 0.122 e. The molecule has 0 saturated carbocycles. The van der Waals surface area contributed by atoms with Crippen LogP contribution in [-0.4, -0.2) is 10.2 Å². The van der Waals surface area contributed by atoms with Gasteiger partial charge >= 0.3 is 0 Å². The highest BCUT2D eigenvalue weighted by Crippen LogP contribution is 2.32. The molecule has 0 atom stereocenters. The van der Waals surface area contributed by atoms with Crippen LogP contribution in [-0.2, 0) is 6.42 Å². The molecule has 2 N–H and O–H groups in total. The summed E-state index contributed by atoms with van der Waals surface area (Å²) in [6, 6.07) is 1.65. The number of benzene rings is 1. The van der Waals surface area contributed by atoms with Crippen LogP contribution in [0.3, 0.4) is 0 Å². The van der Waals surface area contributed by atoms with Crippen molar-refractivity contribution in [2.45, 2.75) is 40.5 Å². The molecule has 2 nitrogen and oxygen atoms in total.